The van der Waals surface area contributed by atoms with E-state index in [1.165, 1.54) is 6.08 Å². The monoisotopic (exact) mass is 334 g/mol. The molecular weight excluding hydrogens is 308 g/mol. The molecule has 0 amide bonds. The first kappa shape index (κ1) is 18.5. The van der Waals surface area contributed by atoms with Crippen LogP contribution in [-0.2, 0) is 9.59 Å². The molecule has 2 aliphatic rings. The zero-order chi connectivity index (χ0) is 18.2. The van der Waals surface area contributed by atoms with E-state index < -0.39 is 17.5 Å². The van der Waals surface area contributed by atoms with Crippen LogP contribution in [0.2, 0.25) is 0 Å². The van der Waals surface area contributed by atoms with E-state index in [9.17, 15) is 19.8 Å². The Morgan fingerprint density at radius 3 is 2.67 bits per heavy atom. The molecule has 0 aromatic heterocycles. The van der Waals surface area contributed by atoms with Gasteiger partial charge in [-0.3, -0.25) is 4.79 Å². The van der Waals surface area contributed by atoms with Gasteiger partial charge in [-0.2, -0.15) is 0 Å². The second-order valence-corrected chi connectivity index (χ2v) is 7.46. The number of rotatable bonds is 4. The predicted octanol–water partition coefficient (Wildman–Crippen LogP) is 3.16. The van der Waals surface area contributed by atoms with E-state index in [4.69, 9.17) is 5.11 Å². The average Bonchev–Trinajstić information content (AvgIpc) is 2.43. The Balaban J connectivity index is 2.33. The molecule has 2 aliphatic carbocycles. The van der Waals surface area contributed by atoms with Gasteiger partial charge in [0.25, 0.3) is 0 Å². The van der Waals surface area contributed by atoms with Crippen molar-refractivity contribution in [2.24, 2.45) is 17.3 Å². The molecule has 1 fully saturated rings. The lowest BCUT2D eigenvalue weighted by molar-refractivity contribution is -0.131. The molecule has 3 N–H and O–H groups in total. The molecular formula is C19H26O5. The summed E-state index contributed by atoms with van der Waals surface area (Å²) in [4.78, 5) is 23.0. The fraction of sp³-hybridized carbons (Fsp3) is 0.579. The molecule has 0 spiro atoms. The van der Waals surface area contributed by atoms with Crippen molar-refractivity contribution in [3.05, 3.63) is 35.1 Å². The van der Waals surface area contributed by atoms with Crippen molar-refractivity contribution in [2.75, 3.05) is 0 Å². The van der Waals surface area contributed by atoms with E-state index in [2.05, 4.69) is 6.58 Å². The number of carbonyl (C=O) groups is 2. The summed E-state index contributed by atoms with van der Waals surface area (Å²) < 4.78 is 0. The van der Waals surface area contributed by atoms with Crippen LogP contribution in [-0.4, -0.2) is 33.2 Å². The summed E-state index contributed by atoms with van der Waals surface area (Å²) in [6.07, 6.45) is 2.41. The minimum absolute atomic E-state index is 0.00459. The van der Waals surface area contributed by atoms with Gasteiger partial charge < -0.3 is 15.3 Å². The van der Waals surface area contributed by atoms with Crippen LogP contribution in [0.25, 0.3) is 0 Å². The average molecular weight is 334 g/mol. The number of aliphatic carboxylic acids is 1. The van der Waals surface area contributed by atoms with Crippen molar-refractivity contribution in [2.45, 2.75) is 52.6 Å². The summed E-state index contributed by atoms with van der Waals surface area (Å²) >= 11 is 0. The quantitative estimate of drug-likeness (QED) is 0.542. The maximum absolute atomic E-state index is 12.2. The first-order valence-corrected chi connectivity index (χ1v) is 8.26. The van der Waals surface area contributed by atoms with Gasteiger partial charge in [-0.05, 0) is 50.0 Å². The molecule has 1 saturated carbocycles. The zero-order valence-electron chi connectivity index (χ0n) is 14.5. The number of Topliss-reactive ketones (excluding diaryl/α,β-unsaturated/α-hetero) is 1. The topological polar surface area (TPSA) is 94.8 Å². The van der Waals surface area contributed by atoms with Crippen molar-refractivity contribution in [3.63, 3.8) is 0 Å². The minimum Gasteiger partial charge on any atom is -0.504 e. The molecule has 0 bridgehead atoms. The smallest absolute Gasteiger partial charge is 0.328 e. The number of carboxylic acids is 1. The number of carboxylic acid groups (broad SMARTS) is 1. The SMILES string of the molecule is C=C1C[C@@H](O)[C@@H]2C(C)=C(O)C(=O)C[C@]2(C)[C@H]1CC/C(C)=C/C(=O)O. The summed E-state index contributed by atoms with van der Waals surface area (Å²) in [7, 11) is 0. The number of hydrogen-bond acceptors (Lipinski definition) is 4. The Morgan fingerprint density at radius 1 is 1.46 bits per heavy atom. The lowest BCUT2D eigenvalue weighted by Gasteiger charge is -2.53. The van der Waals surface area contributed by atoms with Crippen LogP contribution in [0.3, 0.4) is 0 Å². The number of ketones is 1. The minimum atomic E-state index is -0.967. The standard InChI is InChI=1S/C19H26O5/c1-10(7-16(22)23)5-6-13-11(2)8-14(20)17-12(3)18(24)15(21)9-19(13,17)4/h7,13-14,17,20,24H,2,5-6,8-9H2,1,3-4H3,(H,22,23)/b10-7+/t13-,14+,17-,19+/m0/s1. The summed E-state index contributed by atoms with van der Waals surface area (Å²) in [5.41, 5.74) is 1.70. The van der Waals surface area contributed by atoms with Crippen molar-refractivity contribution in [1.82, 2.24) is 0 Å². The predicted molar refractivity (Wildman–Crippen MR) is 90.4 cm³/mol. The highest BCUT2D eigenvalue weighted by Gasteiger charge is 2.54. The molecule has 0 heterocycles. The number of allylic oxidation sites excluding steroid dienone is 2. The molecule has 0 aromatic carbocycles. The normalized spacial score (nSPS) is 34.3. The van der Waals surface area contributed by atoms with Crippen molar-refractivity contribution in [1.29, 1.82) is 0 Å². The Morgan fingerprint density at radius 2 is 2.08 bits per heavy atom. The molecule has 5 heteroatoms. The second-order valence-electron chi connectivity index (χ2n) is 7.46. The largest absolute Gasteiger partial charge is 0.504 e. The lowest BCUT2D eigenvalue weighted by atomic mass is 9.52. The molecule has 24 heavy (non-hydrogen) atoms. The molecule has 132 valence electrons. The van der Waals surface area contributed by atoms with Gasteiger partial charge in [0.1, 0.15) is 0 Å². The highest BCUT2D eigenvalue weighted by Crippen LogP contribution is 2.56. The first-order valence-electron chi connectivity index (χ1n) is 8.26. The van der Waals surface area contributed by atoms with Gasteiger partial charge >= 0.3 is 5.97 Å². The Kier molecular flexibility index (Phi) is 5.04. The van der Waals surface area contributed by atoms with E-state index in [0.29, 0.717) is 24.8 Å². The maximum atomic E-state index is 12.2. The van der Waals surface area contributed by atoms with Gasteiger partial charge in [0.15, 0.2) is 11.5 Å². The fourth-order valence-electron chi connectivity index (χ4n) is 4.65. The van der Waals surface area contributed by atoms with Crippen molar-refractivity contribution < 1.29 is 24.9 Å². The highest BCUT2D eigenvalue weighted by atomic mass is 16.4. The molecule has 0 radical (unpaired) electrons. The maximum Gasteiger partial charge on any atom is 0.328 e. The van der Waals surface area contributed by atoms with E-state index in [0.717, 1.165) is 11.1 Å². The van der Waals surface area contributed by atoms with Crippen LogP contribution in [0.5, 0.6) is 0 Å². The highest BCUT2D eigenvalue weighted by molar-refractivity contribution is 5.95. The summed E-state index contributed by atoms with van der Waals surface area (Å²) in [6, 6.07) is 0. The van der Waals surface area contributed by atoms with Crippen molar-refractivity contribution >= 4 is 11.8 Å². The third kappa shape index (κ3) is 3.18. The van der Waals surface area contributed by atoms with Gasteiger partial charge in [0.2, 0.25) is 0 Å². The van der Waals surface area contributed by atoms with Gasteiger partial charge in [-0.15, -0.1) is 0 Å². The fourth-order valence-corrected chi connectivity index (χ4v) is 4.65. The third-order valence-electron chi connectivity index (χ3n) is 5.70. The summed E-state index contributed by atoms with van der Waals surface area (Å²) in [5.74, 6) is -1.77. The number of aliphatic hydroxyl groups is 2. The molecule has 0 unspecified atom stereocenters. The molecule has 2 rings (SSSR count). The van der Waals surface area contributed by atoms with Crippen LogP contribution >= 0.6 is 0 Å². The number of hydrogen-bond donors (Lipinski definition) is 3. The molecule has 0 aromatic rings. The van der Waals surface area contributed by atoms with Crippen LogP contribution in [0, 0.1) is 17.3 Å². The lowest BCUT2D eigenvalue weighted by Crippen LogP contribution is -2.51. The summed E-state index contributed by atoms with van der Waals surface area (Å²) in [5, 5.41) is 29.4. The second kappa shape index (κ2) is 6.55. The Bertz CT molecular complexity index is 642. The van der Waals surface area contributed by atoms with E-state index in [-0.39, 0.29) is 29.8 Å². The Labute approximate surface area is 142 Å². The van der Waals surface area contributed by atoms with Gasteiger partial charge in [0, 0.05) is 18.4 Å². The molecule has 0 saturated heterocycles. The Hall–Kier alpha value is -1.88. The first-order chi connectivity index (χ1) is 11.1. The van der Waals surface area contributed by atoms with Crippen LogP contribution in [0.1, 0.15) is 46.5 Å². The van der Waals surface area contributed by atoms with Crippen LogP contribution < -0.4 is 0 Å². The van der Waals surface area contributed by atoms with Crippen molar-refractivity contribution in [3.8, 4) is 0 Å². The summed E-state index contributed by atoms with van der Waals surface area (Å²) in [6.45, 7) is 9.56. The van der Waals surface area contributed by atoms with E-state index in [1.54, 1.807) is 13.8 Å². The van der Waals surface area contributed by atoms with Crippen LogP contribution in [0.4, 0.5) is 0 Å². The zero-order valence-corrected chi connectivity index (χ0v) is 14.5. The van der Waals surface area contributed by atoms with Gasteiger partial charge in [-0.1, -0.05) is 24.6 Å². The van der Waals surface area contributed by atoms with Crippen LogP contribution in [0.15, 0.2) is 35.1 Å². The molecule has 0 aliphatic heterocycles. The number of fused-ring (bicyclic) bond motifs is 1. The molecule has 4 atom stereocenters. The number of carbonyl (C=O) groups excluding carboxylic acids is 1. The third-order valence-corrected chi connectivity index (χ3v) is 5.70. The van der Waals surface area contributed by atoms with Gasteiger partial charge in [0.05, 0.1) is 6.10 Å². The number of aliphatic hydroxyl groups excluding tert-OH is 2. The molecule has 5 nitrogen and oxygen atoms in total. The van der Waals surface area contributed by atoms with E-state index >= 15 is 0 Å². The van der Waals surface area contributed by atoms with E-state index in [1.807, 2.05) is 6.92 Å². The van der Waals surface area contributed by atoms with Gasteiger partial charge in [-0.25, -0.2) is 4.79 Å².